The van der Waals surface area contributed by atoms with Crippen molar-refractivity contribution in [2.45, 2.75) is 78.1 Å². The van der Waals surface area contributed by atoms with Crippen LogP contribution >= 0.6 is 11.6 Å². The largest absolute Gasteiger partial charge is 0.508 e. The Morgan fingerprint density at radius 1 is 0.762 bits per heavy atom. The van der Waals surface area contributed by atoms with Crippen LogP contribution in [0.25, 0.3) is 0 Å². The van der Waals surface area contributed by atoms with Gasteiger partial charge in [-0.2, -0.15) is 0 Å². The maximum absolute atomic E-state index is 8.80. The molecule has 0 aliphatic heterocycles. The van der Waals surface area contributed by atoms with E-state index in [4.69, 9.17) is 21.8 Å². The molecular formula is C18H31ClO2. The summed E-state index contributed by atoms with van der Waals surface area (Å²) in [5.41, 5.74) is 0. The Kier molecular flexibility index (Phi) is 13.5. The Hall–Kier alpha value is -0.890. The van der Waals surface area contributed by atoms with Crippen molar-refractivity contribution in [3.8, 4) is 11.5 Å². The number of aromatic hydroxyl groups is 2. The highest BCUT2D eigenvalue weighted by Gasteiger charge is 1.96. The third-order valence-electron chi connectivity index (χ3n) is 3.39. The maximum Gasteiger partial charge on any atom is 0.134 e. The molecule has 0 fully saturated rings. The second kappa shape index (κ2) is 14.1. The normalized spacial score (nSPS) is 10.0. The quantitative estimate of drug-likeness (QED) is 0.394. The van der Waals surface area contributed by atoms with Crippen molar-refractivity contribution >= 4 is 11.6 Å². The summed E-state index contributed by atoms with van der Waals surface area (Å²) in [6.07, 6.45) is 14.4. The Bertz CT molecular complexity index is 343. The molecule has 0 saturated carbocycles. The van der Waals surface area contributed by atoms with Crippen molar-refractivity contribution in [3.05, 3.63) is 23.2 Å². The van der Waals surface area contributed by atoms with Crippen LogP contribution in [-0.2, 0) is 0 Å². The van der Waals surface area contributed by atoms with E-state index >= 15 is 0 Å². The van der Waals surface area contributed by atoms with Gasteiger partial charge in [0.1, 0.15) is 11.5 Å². The Balaban J connectivity index is 0.000000394. The van der Waals surface area contributed by atoms with Gasteiger partial charge in [-0.3, -0.25) is 0 Å². The van der Waals surface area contributed by atoms with E-state index in [0.717, 1.165) is 0 Å². The predicted octanol–water partition coefficient (Wildman–Crippen LogP) is 6.68. The van der Waals surface area contributed by atoms with E-state index in [-0.39, 0.29) is 16.5 Å². The van der Waals surface area contributed by atoms with Crippen LogP contribution in [0.3, 0.4) is 0 Å². The minimum absolute atomic E-state index is 0.0190. The summed E-state index contributed by atoms with van der Waals surface area (Å²) in [6, 6.07) is 3.97. The van der Waals surface area contributed by atoms with E-state index in [0.29, 0.717) is 0 Å². The molecule has 2 nitrogen and oxygen atoms in total. The number of halogens is 1. The lowest BCUT2D eigenvalue weighted by molar-refractivity contribution is 0.460. The molecule has 0 aromatic heterocycles. The van der Waals surface area contributed by atoms with Gasteiger partial charge in [-0.15, -0.1) is 0 Å². The highest BCUT2D eigenvalue weighted by Crippen LogP contribution is 2.26. The van der Waals surface area contributed by atoms with E-state index in [1.807, 2.05) is 0 Å². The summed E-state index contributed by atoms with van der Waals surface area (Å²) in [4.78, 5) is 0. The van der Waals surface area contributed by atoms with E-state index in [2.05, 4.69) is 13.8 Å². The Morgan fingerprint density at radius 2 is 1.19 bits per heavy atom. The number of benzene rings is 1. The van der Waals surface area contributed by atoms with E-state index in [1.165, 1.54) is 82.4 Å². The van der Waals surface area contributed by atoms with Gasteiger partial charge in [0.2, 0.25) is 0 Å². The minimum Gasteiger partial charge on any atom is -0.508 e. The molecule has 0 saturated heterocycles. The Morgan fingerprint density at radius 3 is 1.52 bits per heavy atom. The first kappa shape index (κ1) is 20.1. The molecule has 0 aliphatic carbocycles. The number of hydrogen-bond donors (Lipinski definition) is 2. The average Bonchev–Trinajstić information content (AvgIpc) is 2.47. The molecule has 1 aromatic carbocycles. The summed E-state index contributed by atoms with van der Waals surface area (Å²) in [5.74, 6) is 0.0345. The van der Waals surface area contributed by atoms with Crippen LogP contribution in [0.1, 0.15) is 78.1 Å². The number of phenolic OH excluding ortho intramolecular Hbond substituents is 2. The molecule has 0 bridgehead atoms. The Labute approximate surface area is 135 Å². The SMILES string of the molecule is CCCCCCCCCCCC.Oc1ccc(O)c(Cl)c1. The second-order valence-corrected chi connectivity index (χ2v) is 5.87. The van der Waals surface area contributed by atoms with Gasteiger partial charge in [0.25, 0.3) is 0 Å². The van der Waals surface area contributed by atoms with E-state index in [9.17, 15) is 0 Å². The first-order valence-electron chi connectivity index (χ1n) is 8.29. The summed E-state index contributed by atoms with van der Waals surface area (Å²) in [6.45, 7) is 4.56. The zero-order valence-electron chi connectivity index (χ0n) is 13.6. The van der Waals surface area contributed by atoms with Gasteiger partial charge in [-0.05, 0) is 12.1 Å². The standard InChI is InChI=1S/C12H26.C6H5ClO2/c1-3-5-7-9-11-12-10-8-6-4-2;7-5-3-4(8)1-2-6(5)9/h3-12H2,1-2H3;1-3,8-9H. The van der Waals surface area contributed by atoms with Crippen LogP contribution in [0.5, 0.6) is 11.5 Å². The molecule has 0 amide bonds. The van der Waals surface area contributed by atoms with Gasteiger partial charge < -0.3 is 10.2 Å². The maximum atomic E-state index is 8.80. The van der Waals surface area contributed by atoms with Crippen LogP contribution in [0.4, 0.5) is 0 Å². The molecule has 1 aromatic rings. The average molecular weight is 315 g/mol. The molecule has 122 valence electrons. The van der Waals surface area contributed by atoms with Crippen molar-refractivity contribution in [1.82, 2.24) is 0 Å². The van der Waals surface area contributed by atoms with Crippen LogP contribution in [0.2, 0.25) is 5.02 Å². The van der Waals surface area contributed by atoms with Crippen LogP contribution in [0, 0.1) is 0 Å². The second-order valence-electron chi connectivity index (χ2n) is 5.46. The monoisotopic (exact) mass is 314 g/mol. The fourth-order valence-corrected chi connectivity index (χ4v) is 2.23. The molecular weight excluding hydrogens is 284 g/mol. The first-order chi connectivity index (χ1) is 10.1. The van der Waals surface area contributed by atoms with Crippen LogP contribution in [-0.4, -0.2) is 10.2 Å². The summed E-state index contributed by atoms with van der Waals surface area (Å²) >= 11 is 5.40. The van der Waals surface area contributed by atoms with Crippen LogP contribution < -0.4 is 0 Å². The van der Waals surface area contributed by atoms with Gasteiger partial charge in [0.15, 0.2) is 0 Å². The molecule has 0 atom stereocenters. The lowest BCUT2D eigenvalue weighted by Gasteiger charge is -1.99. The summed E-state index contributed by atoms with van der Waals surface area (Å²) in [5, 5.41) is 17.7. The number of unbranched alkanes of at least 4 members (excludes halogenated alkanes) is 9. The van der Waals surface area contributed by atoms with Gasteiger partial charge in [0.05, 0.1) is 5.02 Å². The third kappa shape index (κ3) is 12.6. The highest BCUT2D eigenvalue weighted by molar-refractivity contribution is 6.32. The van der Waals surface area contributed by atoms with Gasteiger partial charge in [-0.25, -0.2) is 0 Å². The highest BCUT2D eigenvalue weighted by atomic mass is 35.5. The first-order valence-corrected chi connectivity index (χ1v) is 8.67. The third-order valence-corrected chi connectivity index (χ3v) is 3.69. The summed E-state index contributed by atoms with van der Waals surface area (Å²) < 4.78 is 0. The fourth-order valence-electron chi connectivity index (χ4n) is 2.06. The predicted molar refractivity (Wildman–Crippen MR) is 92.3 cm³/mol. The van der Waals surface area contributed by atoms with Gasteiger partial charge in [-0.1, -0.05) is 89.7 Å². The lowest BCUT2D eigenvalue weighted by atomic mass is 10.1. The van der Waals surface area contributed by atoms with Crippen molar-refractivity contribution < 1.29 is 10.2 Å². The van der Waals surface area contributed by atoms with E-state index in [1.54, 1.807) is 0 Å². The number of hydrogen-bond acceptors (Lipinski definition) is 2. The molecule has 21 heavy (non-hydrogen) atoms. The smallest absolute Gasteiger partial charge is 0.134 e. The molecule has 1 rings (SSSR count). The van der Waals surface area contributed by atoms with E-state index < -0.39 is 0 Å². The lowest BCUT2D eigenvalue weighted by Crippen LogP contribution is -1.80. The number of rotatable bonds is 9. The molecule has 0 aliphatic rings. The molecule has 3 heteroatoms. The fraction of sp³-hybridized carbons (Fsp3) is 0.667. The molecule has 0 unspecified atom stereocenters. The van der Waals surface area contributed by atoms with Gasteiger partial charge >= 0.3 is 0 Å². The van der Waals surface area contributed by atoms with Gasteiger partial charge in [0, 0.05) is 6.07 Å². The minimum atomic E-state index is -0.0190. The zero-order valence-corrected chi connectivity index (χ0v) is 14.3. The summed E-state index contributed by atoms with van der Waals surface area (Å²) in [7, 11) is 0. The molecule has 2 N–H and O–H groups in total. The molecule has 0 heterocycles. The number of phenols is 2. The van der Waals surface area contributed by atoms with Crippen LogP contribution in [0.15, 0.2) is 18.2 Å². The van der Waals surface area contributed by atoms with Crippen molar-refractivity contribution in [2.24, 2.45) is 0 Å². The van der Waals surface area contributed by atoms with Crippen molar-refractivity contribution in [3.63, 3.8) is 0 Å². The molecule has 0 radical (unpaired) electrons. The van der Waals surface area contributed by atoms with Crippen molar-refractivity contribution in [1.29, 1.82) is 0 Å². The zero-order chi connectivity index (χ0) is 15.9. The topological polar surface area (TPSA) is 40.5 Å². The molecule has 0 spiro atoms. The van der Waals surface area contributed by atoms with Crippen molar-refractivity contribution in [2.75, 3.05) is 0 Å².